The molecule has 2 nitrogen and oxygen atoms in total. The fourth-order valence-corrected chi connectivity index (χ4v) is 3.04. The molecule has 0 saturated carbocycles. The van der Waals surface area contributed by atoms with Crippen LogP contribution < -0.4 is 5.32 Å². The Morgan fingerprint density at radius 3 is 2.43 bits per heavy atom. The Kier molecular flexibility index (Phi) is 7.77. The highest BCUT2D eigenvalue weighted by Gasteiger charge is 2.39. The molecule has 1 aliphatic rings. The third kappa shape index (κ3) is 5.06. The van der Waals surface area contributed by atoms with Gasteiger partial charge >= 0.3 is 6.18 Å². The van der Waals surface area contributed by atoms with E-state index in [1.165, 1.54) is 12.1 Å². The van der Waals surface area contributed by atoms with E-state index in [0.29, 0.717) is 19.5 Å². The van der Waals surface area contributed by atoms with E-state index in [1.54, 1.807) is 0 Å². The lowest BCUT2D eigenvalue weighted by Gasteiger charge is -2.36. The van der Waals surface area contributed by atoms with Gasteiger partial charge in [-0.3, -0.25) is 4.90 Å². The number of halogens is 5. The zero-order chi connectivity index (χ0) is 16.2. The third-order valence-corrected chi connectivity index (χ3v) is 4.11. The summed E-state index contributed by atoms with van der Waals surface area (Å²) in [6.07, 6.45) is -2.33. The molecule has 1 fully saturated rings. The van der Waals surface area contributed by atoms with Crippen LogP contribution in [0.1, 0.15) is 43.4 Å². The van der Waals surface area contributed by atoms with Gasteiger partial charge in [0.15, 0.2) is 0 Å². The van der Waals surface area contributed by atoms with Gasteiger partial charge in [0.2, 0.25) is 0 Å². The first kappa shape index (κ1) is 20.2. The highest BCUT2D eigenvalue weighted by Crippen LogP contribution is 2.39. The highest BCUT2D eigenvalue weighted by molar-refractivity contribution is 5.85. The van der Waals surface area contributed by atoms with Gasteiger partial charge in [-0.05, 0) is 18.1 Å². The molecular formula is C16H23ClF4N2. The molecule has 7 heteroatoms. The van der Waals surface area contributed by atoms with Crippen molar-refractivity contribution in [2.24, 2.45) is 0 Å². The number of nitrogens with one attached hydrogen (secondary N) is 1. The van der Waals surface area contributed by atoms with Crippen LogP contribution in [0.5, 0.6) is 0 Å². The minimum absolute atomic E-state index is 0. The van der Waals surface area contributed by atoms with E-state index in [2.05, 4.69) is 5.32 Å². The van der Waals surface area contributed by atoms with E-state index >= 15 is 0 Å². The van der Waals surface area contributed by atoms with Crippen molar-refractivity contribution in [3.8, 4) is 0 Å². The summed E-state index contributed by atoms with van der Waals surface area (Å²) >= 11 is 0. The Hall–Kier alpha value is -0.850. The van der Waals surface area contributed by atoms with E-state index < -0.39 is 17.6 Å². The number of piperazine rings is 1. The largest absolute Gasteiger partial charge is 0.419 e. The Balaban J connectivity index is 0.00000264. The smallest absolute Gasteiger partial charge is 0.314 e. The van der Waals surface area contributed by atoms with Crippen LogP contribution in [0.4, 0.5) is 17.6 Å². The molecule has 1 aliphatic heterocycles. The summed E-state index contributed by atoms with van der Waals surface area (Å²) in [4.78, 5) is 2.04. The van der Waals surface area contributed by atoms with Gasteiger partial charge in [-0.2, -0.15) is 13.2 Å². The molecule has 0 aromatic heterocycles. The number of hydrogen-bond acceptors (Lipinski definition) is 2. The molecule has 0 unspecified atom stereocenters. The topological polar surface area (TPSA) is 15.3 Å². The molecule has 1 aromatic rings. The summed E-state index contributed by atoms with van der Waals surface area (Å²) in [7, 11) is 0. The van der Waals surface area contributed by atoms with E-state index in [9.17, 15) is 17.6 Å². The van der Waals surface area contributed by atoms with Crippen molar-refractivity contribution in [1.29, 1.82) is 0 Å². The maximum absolute atomic E-state index is 13.8. The van der Waals surface area contributed by atoms with Crippen LogP contribution in [0.25, 0.3) is 0 Å². The van der Waals surface area contributed by atoms with E-state index in [0.717, 1.165) is 32.0 Å². The first-order chi connectivity index (χ1) is 10.4. The summed E-state index contributed by atoms with van der Waals surface area (Å²) in [6, 6.07) is 3.31. The van der Waals surface area contributed by atoms with Crippen LogP contribution in [0.2, 0.25) is 0 Å². The Morgan fingerprint density at radius 1 is 1.22 bits per heavy atom. The third-order valence-electron chi connectivity index (χ3n) is 4.11. The number of unbranched alkanes of at least 4 members (excludes halogenated alkanes) is 1. The molecule has 23 heavy (non-hydrogen) atoms. The summed E-state index contributed by atoms with van der Waals surface area (Å²) in [6.45, 7) is 4.87. The summed E-state index contributed by atoms with van der Waals surface area (Å²) in [5.74, 6) is -1.18. The predicted molar refractivity (Wildman–Crippen MR) is 85.4 cm³/mol. The average molecular weight is 355 g/mol. The summed E-state index contributed by atoms with van der Waals surface area (Å²) in [5, 5.41) is 3.20. The van der Waals surface area contributed by atoms with Crippen molar-refractivity contribution < 1.29 is 17.6 Å². The van der Waals surface area contributed by atoms with Crippen LogP contribution >= 0.6 is 12.4 Å². The summed E-state index contributed by atoms with van der Waals surface area (Å²) in [5.41, 5.74) is -1.03. The molecular weight excluding hydrogens is 332 g/mol. The number of benzene rings is 1. The SMILES string of the molecule is CCCC[C@@H](c1cccc(F)c1C(F)(F)F)N1CCNCC1.Cl. The minimum atomic E-state index is -4.67. The molecule has 1 saturated heterocycles. The first-order valence-electron chi connectivity index (χ1n) is 7.75. The second-order valence-corrected chi connectivity index (χ2v) is 5.65. The lowest BCUT2D eigenvalue weighted by molar-refractivity contribution is -0.141. The number of rotatable bonds is 5. The van der Waals surface area contributed by atoms with Crippen LogP contribution in [0.3, 0.4) is 0 Å². The van der Waals surface area contributed by atoms with Crippen molar-refractivity contribution in [2.45, 2.75) is 38.4 Å². The van der Waals surface area contributed by atoms with Crippen LogP contribution in [0.15, 0.2) is 18.2 Å². The molecule has 0 bridgehead atoms. The molecule has 0 amide bonds. The maximum Gasteiger partial charge on any atom is 0.419 e. The van der Waals surface area contributed by atoms with Gasteiger partial charge in [0, 0.05) is 32.2 Å². The lowest BCUT2D eigenvalue weighted by atomic mass is 9.93. The van der Waals surface area contributed by atoms with Gasteiger partial charge in [-0.15, -0.1) is 12.4 Å². The quantitative estimate of drug-likeness (QED) is 0.788. The van der Waals surface area contributed by atoms with Gasteiger partial charge in [-0.1, -0.05) is 31.9 Å². The van der Waals surface area contributed by atoms with E-state index in [4.69, 9.17) is 0 Å². The number of hydrogen-bond donors (Lipinski definition) is 1. The molecule has 0 radical (unpaired) electrons. The molecule has 132 valence electrons. The van der Waals surface area contributed by atoms with Gasteiger partial charge in [0.1, 0.15) is 5.82 Å². The van der Waals surface area contributed by atoms with Crippen LogP contribution in [-0.2, 0) is 6.18 Å². The van der Waals surface area contributed by atoms with Crippen LogP contribution in [0, 0.1) is 5.82 Å². The zero-order valence-corrected chi connectivity index (χ0v) is 13.9. The predicted octanol–water partition coefficient (Wildman–Crippen LogP) is 4.40. The molecule has 2 rings (SSSR count). The molecule has 1 N–H and O–H groups in total. The standard InChI is InChI=1S/C16H22F4N2.ClH/c1-2-3-7-14(22-10-8-21-9-11-22)12-5-4-6-13(17)15(12)16(18,19)20;/h4-6,14,21H,2-3,7-11H2,1H3;1H/t14-;/m0./s1. The lowest BCUT2D eigenvalue weighted by Crippen LogP contribution is -2.45. The fraction of sp³-hybridized carbons (Fsp3) is 0.625. The van der Waals surface area contributed by atoms with E-state index in [1.807, 2.05) is 11.8 Å². The van der Waals surface area contributed by atoms with Crippen molar-refractivity contribution in [3.05, 3.63) is 35.1 Å². The first-order valence-corrected chi connectivity index (χ1v) is 7.75. The average Bonchev–Trinajstić information content (AvgIpc) is 2.47. The second kappa shape index (κ2) is 8.85. The van der Waals surface area contributed by atoms with Crippen molar-refractivity contribution in [3.63, 3.8) is 0 Å². The van der Waals surface area contributed by atoms with Gasteiger partial charge in [0.05, 0.1) is 5.56 Å². The van der Waals surface area contributed by atoms with E-state index in [-0.39, 0.29) is 24.0 Å². The number of nitrogens with zero attached hydrogens (tertiary/aromatic N) is 1. The Labute approximate surface area is 140 Å². The van der Waals surface area contributed by atoms with Crippen LogP contribution in [-0.4, -0.2) is 31.1 Å². The van der Waals surface area contributed by atoms with Gasteiger partial charge in [-0.25, -0.2) is 4.39 Å². The van der Waals surface area contributed by atoms with Gasteiger partial charge < -0.3 is 5.32 Å². The zero-order valence-electron chi connectivity index (χ0n) is 13.1. The Morgan fingerprint density at radius 2 is 1.87 bits per heavy atom. The summed E-state index contributed by atoms with van der Waals surface area (Å²) < 4.78 is 53.7. The van der Waals surface area contributed by atoms with Crippen molar-refractivity contribution in [2.75, 3.05) is 26.2 Å². The molecule has 0 aliphatic carbocycles. The van der Waals surface area contributed by atoms with Gasteiger partial charge in [0.25, 0.3) is 0 Å². The normalized spacial score (nSPS) is 17.6. The second-order valence-electron chi connectivity index (χ2n) is 5.65. The minimum Gasteiger partial charge on any atom is -0.314 e. The molecule has 1 heterocycles. The molecule has 1 atom stereocenters. The van der Waals surface area contributed by atoms with Crippen molar-refractivity contribution >= 4 is 12.4 Å². The fourth-order valence-electron chi connectivity index (χ4n) is 3.04. The molecule has 0 spiro atoms. The maximum atomic E-state index is 13.8. The highest BCUT2D eigenvalue weighted by atomic mass is 35.5. The Bertz CT molecular complexity index is 487. The van der Waals surface area contributed by atoms with Crippen molar-refractivity contribution in [1.82, 2.24) is 10.2 Å². The monoisotopic (exact) mass is 354 g/mol. The number of alkyl halides is 3. The molecule has 1 aromatic carbocycles.